The van der Waals surface area contributed by atoms with E-state index in [2.05, 4.69) is 42.6 Å². The summed E-state index contributed by atoms with van der Waals surface area (Å²) < 4.78 is 2.24. The fraction of sp³-hybridized carbons (Fsp3) is 0.692. The molecule has 19 heavy (non-hydrogen) atoms. The summed E-state index contributed by atoms with van der Waals surface area (Å²) in [7, 11) is 2.12. The van der Waals surface area contributed by atoms with E-state index in [9.17, 15) is 0 Å². The van der Waals surface area contributed by atoms with E-state index in [1.165, 1.54) is 11.4 Å². The van der Waals surface area contributed by atoms with Crippen LogP contribution in [-0.2, 0) is 20.0 Å². The molecule has 1 N–H and O–H groups in total. The van der Waals surface area contributed by atoms with E-state index in [4.69, 9.17) is 17.2 Å². The van der Waals surface area contributed by atoms with Crippen molar-refractivity contribution in [1.82, 2.24) is 19.8 Å². The molecule has 0 amide bonds. The van der Waals surface area contributed by atoms with Gasteiger partial charge in [-0.2, -0.15) is 0 Å². The predicted octanol–water partition coefficient (Wildman–Crippen LogP) is 2.17. The van der Waals surface area contributed by atoms with Gasteiger partial charge in [-0.05, 0) is 31.8 Å². The minimum Gasteiger partial charge on any atom is -0.360 e. The normalized spacial score (nSPS) is 14.7. The second-order valence-electron chi connectivity index (χ2n) is 5.06. The Morgan fingerprint density at radius 2 is 2.26 bits per heavy atom. The highest BCUT2D eigenvalue weighted by molar-refractivity contribution is 7.99. The first-order chi connectivity index (χ1) is 9.02. The lowest BCUT2D eigenvalue weighted by Gasteiger charge is -2.30. The van der Waals surface area contributed by atoms with Gasteiger partial charge in [0.2, 0.25) is 0 Å². The van der Waals surface area contributed by atoms with Crippen LogP contribution in [0.15, 0.2) is 5.16 Å². The highest BCUT2D eigenvalue weighted by Gasteiger charge is 2.24. The molecule has 106 valence electrons. The smallest absolute Gasteiger partial charge is 0.169 e. The van der Waals surface area contributed by atoms with Crippen molar-refractivity contribution >= 4 is 29.1 Å². The molecule has 0 fully saturated rings. The van der Waals surface area contributed by atoms with Crippen LogP contribution in [0, 0.1) is 0 Å². The van der Waals surface area contributed by atoms with Gasteiger partial charge in [-0.25, -0.2) is 4.98 Å². The van der Waals surface area contributed by atoms with E-state index in [1.54, 1.807) is 11.8 Å². The molecule has 1 aliphatic rings. The molecule has 0 radical (unpaired) electrons. The SMILES string of the molecule is CCSc1nc2c(n1C)CCN(C(=S)NC(C)C)C2. The largest absolute Gasteiger partial charge is 0.360 e. The molecular formula is C13H22N4S2. The van der Waals surface area contributed by atoms with Crippen LogP contribution >= 0.6 is 24.0 Å². The highest BCUT2D eigenvalue weighted by Crippen LogP contribution is 2.24. The third-order valence-corrected chi connectivity index (χ3v) is 4.48. The average Bonchev–Trinajstić information content (AvgIpc) is 2.66. The zero-order chi connectivity index (χ0) is 14.0. The van der Waals surface area contributed by atoms with Crippen LogP contribution in [0.5, 0.6) is 0 Å². The molecule has 2 heterocycles. The molecule has 0 atom stereocenters. The molecule has 1 aromatic rings. The van der Waals surface area contributed by atoms with E-state index in [0.29, 0.717) is 6.04 Å². The van der Waals surface area contributed by atoms with Crippen LogP contribution in [0.1, 0.15) is 32.2 Å². The summed E-state index contributed by atoms with van der Waals surface area (Å²) in [6, 6.07) is 0.379. The summed E-state index contributed by atoms with van der Waals surface area (Å²) in [5, 5.41) is 5.27. The lowest BCUT2D eigenvalue weighted by Crippen LogP contribution is -2.45. The Labute approximate surface area is 125 Å². The summed E-state index contributed by atoms with van der Waals surface area (Å²) in [4.78, 5) is 6.96. The van der Waals surface area contributed by atoms with Crippen molar-refractivity contribution < 1.29 is 0 Å². The van der Waals surface area contributed by atoms with Gasteiger partial charge in [0.05, 0.1) is 12.2 Å². The zero-order valence-electron chi connectivity index (χ0n) is 12.1. The van der Waals surface area contributed by atoms with E-state index < -0.39 is 0 Å². The number of hydrogen-bond acceptors (Lipinski definition) is 3. The summed E-state index contributed by atoms with van der Waals surface area (Å²) in [6.07, 6.45) is 1.02. The van der Waals surface area contributed by atoms with Crippen molar-refractivity contribution in [1.29, 1.82) is 0 Å². The molecule has 0 unspecified atom stereocenters. The standard InChI is InChI=1S/C13H22N4S2/c1-5-19-13-15-10-8-17(12(18)14-9(2)3)7-6-11(10)16(13)4/h9H,5-8H2,1-4H3,(H,14,18). The van der Waals surface area contributed by atoms with Gasteiger partial charge < -0.3 is 14.8 Å². The number of nitrogens with one attached hydrogen (secondary N) is 1. The number of thiocarbonyl (C=S) groups is 1. The Morgan fingerprint density at radius 1 is 1.53 bits per heavy atom. The van der Waals surface area contributed by atoms with E-state index in [-0.39, 0.29) is 0 Å². The number of nitrogens with zero attached hydrogens (tertiary/aromatic N) is 3. The number of rotatable bonds is 3. The number of thioether (sulfide) groups is 1. The van der Waals surface area contributed by atoms with Crippen LogP contribution in [0.3, 0.4) is 0 Å². The number of aromatic nitrogens is 2. The van der Waals surface area contributed by atoms with Gasteiger partial charge in [0.1, 0.15) is 0 Å². The second kappa shape index (κ2) is 6.13. The third-order valence-electron chi connectivity index (χ3n) is 3.19. The van der Waals surface area contributed by atoms with Gasteiger partial charge in [-0.1, -0.05) is 18.7 Å². The lowest BCUT2D eigenvalue weighted by molar-refractivity contribution is 0.374. The fourth-order valence-electron chi connectivity index (χ4n) is 2.27. The molecule has 1 aliphatic heterocycles. The topological polar surface area (TPSA) is 33.1 Å². The van der Waals surface area contributed by atoms with Crippen LogP contribution in [0.2, 0.25) is 0 Å². The quantitative estimate of drug-likeness (QED) is 0.683. The first-order valence-electron chi connectivity index (χ1n) is 6.75. The molecule has 0 aliphatic carbocycles. The number of imidazole rings is 1. The maximum Gasteiger partial charge on any atom is 0.169 e. The Bertz CT molecular complexity index is 467. The molecule has 0 bridgehead atoms. The fourth-order valence-corrected chi connectivity index (χ4v) is 3.40. The van der Waals surface area contributed by atoms with Gasteiger partial charge in [-0.15, -0.1) is 0 Å². The molecule has 1 aromatic heterocycles. The molecule has 2 rings (SSSR count). The zero-order valence-corrected chi connectivity index (χ0v) is 13.7. The van der Waals surface area contributed by atoms with Crippen molar-refractivity contribution in [2.45, 2.75) is 44.9 Å². The van der Waals surface area contributed by atoms with Gasteiger partial charge in [0, 0.05) is 31.7 Å². The number of hydrogen-bond donors (Lipinski definition) is 1. The van der Waals surface area contributed by atoms with Crippen LogP contribution in [0.4, 0.5) is 0 Å². The summed E-state index contributed by atoms with van der Waals surface area (Å²) in [6.45, 7) is 8.18. The van der Waals surface area contributed by atoms with Crippen LogP contribution in [0.25, 0.3) is 0 Å². The molecule has 0 spiro atoms. The molecule has 0 saturated carbocycles. The van der Waals surface area contributed by atoms with Crippen molar-refractivity contribution in [2.24, 2.45) is 7.05 Å². The Balaban J connectivity index is 2.11. The maximum atomic E-state index is 5.45. The first-order valence-corrected chi connectivity index (χ1v) is 8.15. The minimum atomic E-state index is 0.379. The van der Waals surface area contributed by atoms with Crippen LogP contribution in [-0.4, -0.2) is 37.9 Å². The summed E-state index contributed by atoms with van der Waals surface area (Å²) >= 11 is 7.25. The lowest BCUT2D eigenvalue weighted by atomic mass is 10.1. The Morgan fingerprint density at radius 3 is 2.89 bits per heavy atom. The van der Waals surface area contributed by atoms with Gasteiger partial charge >= 0.3 is 0 Å². The second-order valence-corrected chi connectivity index (χ2v) is 6.67. The Kier molecular flexibility index (Phi) is 4.73. The molecule has 0 aromatic carbocycles. The monoisotopic (exact) mass is 298 g/mol. The van der Waals surface area contributed by atoms with Crippen molar-refractivity contribution in [2.75, 3.05) is 12.3 Å². The molecule has 6 heteroatoms. The number of fused-ring (bicyclic) bond motifs is 1. The van der Waals surface area contributed by atoms with Crippen molar-refractivity contribution in [3.63, 3.8) is 0 Å². The van der Waals surface area contributed by atoms with E-state index >= 15 is 0 Å². The summed E-state index contributed by atoms with van der Waals surface area (Å²) in [5.74, 6) is 1.06. The van der Waals surface area contributed by atoms with Crippen molar-refractivity contribution in [3.05, 3.63) is 11.4 Å². The predicted molar refractivity (Wildman–Crippen MR) is 84.6 cm³/mol. The molecule has 0 saturated heterocycles. The minimum absolute atomic E-state index is 0.379. The maximum absolute atomic E-state index is 5.45. The van der Waals surface area contributed by atoms with E-state index in [0.717, 1.165) is 35.5 Å². The first kappa shape index (κ1) is 14.7. The van der Waals surface area contributed by atoms with Gasteiger partial charge in [0.15, 0.2) is 10.3 Å². The third kappa shape index (κ3) is 3.23. The summed E-state index contributed by atoms with van der Waals surface area (Å²) in [5.41, 5.74) is 2.54. The Hall–Kier alpha value is -0.750. The molecule has 4 nitrogen and oxygen atoms in total. The van der Waals surface area contributed by atoms with Crippen LogP contribution < -0.4 is 5.32 Å². The highest BCUT2D eigenvalue weighted by atomic mass is 32.2. The molecular weight excluding hydrogens is 276 g/mol. The average molecular weight is 298 g/mol. The van der Waals surface area contributed by atoms with E-state index in [1.807, 2.05) is 0 Å². The van der Waals surface area contributed by atoms with Crippen molar-refractivity contribution in [3.8, 4) is 0 Å². The van der Waals surface area contributed by atoms with Gasteiger partial charge in [0.25, 0.3) is 0 Å². The van der Waals surface area contributed by atoms with Gasteiger partial charge in [-0.3, -0.25) is 0 Å².